The second-order valence-corrected chi connectivity index (χ2v) is 5.58. The van der Waals surface area contributed by atoms with E-state index in [1.807, 2.05) is 6.92 Å². The Morgan fingerprint density at radius 3 is 2.33 bits per heavy atom. The minimum Gasteiger partial charge on any atom is -0.493 e. The van der Waals surface area contributed by atoms with Gasteiger partial charge in [-0.2, -0.15) is 0 Å². The van der Waals surface area contributed by atoms with E-state index in [0.717, 1.165) is 6.42 Å². The molecule has 1 unspecified atom stereocenters. The number of amides is 2. The van der Waals surface area contributed by atoms with Gasteiger partial charge in [0.2, 0.25) is 17.6 Å². The summed E-state index contributed by atoms with van der Waals surface area (Å²) >= 11 is 0. The van der Waals surface area contributed by atoms with Crippen LogP contribution in [0.25, 0.3) is 0 Å². The lowest BCUT2D eigenvalue weighted by atomic mass is 10.1. The fraction of sp³-hybridized carbons (Fsp3) is 0.529. The summed E-state index contributed by atoms with van der Waals surface area (Å²) in [6, 6.07) is 3.43. The average molecular weight is 336 g/mol. The highest BCUT2D eigenvalue weighted by atomic mass is 16.5. The highest BCUT2D eigenvalue weighted by Gasteiger charge is 2.35. The van der Waals surface area contributed by atoms with Crippen molar-refractivity contribution in [2.24, 2.45) is 5.92 Å². The molecule has 1 fully saturated rings. The number of benzene rings is 1. The van der Waals surface area contributed by atoms with Gasteiger partial charge in [0.25, 0.3) is 0 Å². The third-order valence-corrected chi connectivity index (χ3v) is 4.01. The van der Waals surface area contributed by atoms with E-state index >= 15 is 0 Å². The van der Waals surface area contributed by atoms with Gasteiger partial charge in [0.05, 0.1) is 32.9 Å². The molecule has 0 spiro atoms. The summed E-state index contributed by atoms with van der Waals surface area (Å²) in [5, 5.41) is 2.84. The number of anilines is 1. The molecule has 0 aromatic heterocycles. The number of carbonyl (C=O) groups is 2. The van der Waals surface area contributed by atoms with Crippen molar-refractivity contribution in [3.05, 3.63) is 12.1 Å². The predicted octanol–water partition coefficient (Wildman–Crippen LogP) is 1.59. The summed E-state index contributed by atoms with van der Waals surface area (Å²) in [5.41, 5.74) is 0.625. The Labute approximate surface area is 141 Å². The van der Waals surface area contributed by atoms with Crippen LogP contribution in [0.1, 0.15) is 19.8 Å². The summed E-state index contributed by atoms with van der Waals surface area (Å²) in [5.74, 6) is 0.883. The van der Waals surface area contributed by atoms with Gasteiger partial charge in [0.15, 0.2) is 11.5 Å². The first-order valence-corrected chi connectivity index (χ1v) is 7.93. The molecule has 1 N–H and O–H groups in total. The topological polar surface area (TPSA) is 77.1 Å². The Bertz CT molecular complexity index is 592. The van der Waals surface area contributed by atoms with Gasteiger partial charge in [0, 0.05) is 31.6 Å². The van der Waals surface area contributed by atoms with Crippen LogP contribution in [0.3, 0.4) is 0 Å². The molecule has 7 heteroatoms. The van der Waals surface area contributed by atoms with Crippen LogP contribution in [-0.2, 0) is 9.59 Å². The maximum absolute atomic E-state index is 12.4. The molecular formula is C17H24N2O5. The van der Waals surface area contributed by atoms with Crippen molar-refractivity contribution in [1.82, 2.24) is 5.32 Å². The quantitative estimate of drug-likeness (QED) is 0.818. The molecule has 1 aliphatic rings. The third-order valence-electron chi connectivity index (χ3n) is 4.01. The molecule has 1 aromatic rings. The van der Waals surface area contributed by atoms with E-state index in [1.54, 1.807) is 17.0 Å². The van der Waals surface area contributed by atoms with Crippen LogP contribution < -0.4 is 24.4 Å². The molecule has 2 rings (SSSR count). The van der Waals surface area contributed by atoms with E-state index in [2.05, 4.69) is 5.32 Å². The van der Waals surface area contributed by atoms with Crippen molar-refractivity contribution in [3.8, 4) is 17.2 Å². The smallest absolute Gasteiger partial charge is 0.227 e. The van der Waals surface area contributed by atoms with Gasteiger partial charge in [-0.3, -0.25) is 9.59 Å². The standard InChI is InChI=1S/C17H24N2O5/c1-5-6-18-17(21)11-7-15(20)19(10-11)12-8-13(22-2)16(24-4)14(9-12)23-3/h8-9,11H,5-7,10H2,1-4H3,(H,18,21). The summed E-state index contributed by atoms with van der Waals surface area (Å²) in [7, 11) is 4.57. The SMILES string of the molecule is CCCNC(=O)C1CC(=O)N(c2cc(OC)c(OC)c(OC)c2)C1. The van der Waals surface area contributed by atoms with Crippen LogP contribution in [0.5, 0.6) is 17.2 Å². The Hall–Kier alpha value is -2.44. The number of methoxy groups -OCH3 is 3. The van der Waals surface area contributed by atoms with E-state index in [9.17, 15) is 9.59 Å². The second-order valence-electron chi connectivity index (χ2n) is 5.58. The zero-order valence-corrected chi connectivity index (χ0v) is 14.5. The fourth-order valence-corrected chi connectivity index (χ4v) is 2.75. The van der Waals surface area contributed by atoms with Gasteiger partial charge in [-0.15, -0.1) is 0 Å². The van der Waals surface area contributed by atoms with Crippen molar-refractivity contribution in [3.63, 3.8) is 0 Å². The molecule has 7 nitrogen and oxygen atoms in total. The number of nitrogens with one attached hydrogen (secondary N) is 1. The van der Waals surface area contributed by atoms with Crippen molar-refractivity contribution in [1.29, 1.82) is 0 Å². The Balaban J connectivity index is 2.25. The minimum absolute atomic E-state index is 0.0832. The fourth-order valence-electron chi connectivity index (χ4n) is 2.75. The normalized spacial score (nSPS) is 16.9. The molecule has 0 saturated carbocycles. The molecule has 0 aliphatic carbocycles. The lowest BCUT2D eigenvalue weighted by molar-refractivity contribution is -0.126. The Morgan fingerprint density at radius 1 is 1.21 bits per heavy atom. The van der Waals surface area contributed by atoms with E-state index < -0.39 is 0 Å². The van der Waals surface area contributed by atoms with Gasteiger partial charge in [-0.1, -0.05) is 6.92 Å². The first-order chi connectivity index (χ1) is 11.5. The van der Waals surface area contributed by atoms with Crippen molar-refractivity contribution in [2.45, 2.75) is 19.8 Å². The molecule has 2 amide bonds. The molecule has 0 radical (unpaired) electrons. The van der Waals surface area contributed by atoms with Crippen LogP contribution in [0, 0.1) is 5.92 Å². The Morgan fingerprint density at radius 2 is 1.83 bits per heavy atom. The molecular weight excluding hydrogens is 312 g/mol. The predicted molar refractivity (Wildman–Crippen MR) is 89.9 cm³/mol. The first-order valence-electron chi connectivity index (χ1n) is 7.93. The van der Waals surface area contributed by atoms with Gasteiger partial charge >= 0.3 is 0 Å². The summed E-state index contributed by atoms with van der Waals surface area (Å²) in [6.07, 6.45) is 1.06. The molecule has 24 heavy (non-hydrogen) atoms. The van der Waals surface area contributed by atoms with Crippen LogP contribution >= 0.6 is 0 Å². The number of hydrogen-bond donors (Lipinski definition) is 1. The lowest BCUT2D eigenvalue weighted by Crippen LogP contribution is -2.33. The van der Waals surface area contributed by atoms with Gasteiger partial charge in [-0.05, 0) is 6.42 Å². The van der Waals surface area contributed by atoms with Crippen LogP contribution in [0.2, 0.25) is 0 Å². The van der Waals surface area contributed by atoms with Gasteiger partial charge in [0.1, 0.15) is 0 Å². The zero-order chi connectivity index (χ0) is 17.7. The van der Waals surface area contributed by atoms with Gasteiger partial charge < -0.3 is 24.4 Å². The molecule has 132 valence electrons. The molecule has 0 bridgehead atoms. The summed E-state index contributed by atoms with van der Waals surface area (Å²) in [6.45, 7) is 2.95. The molecule has 1 saturated heterocycles. The van der Waals surface area contributed by atoms with Crippen LogP contribution in [0.4, 0.5) is 5.69 Å². The van der Waals surface area contributed by atoms with Crippen molar-refractivity contribution in [2.75, 3.05) is 39.3 Å². The number of nitrogens with zero attached hydrogens (tertiary/aromatic N) is 1. The van der Waals surface area contributed by atoms with E-state index in [4.69, 9.17) is 14.2 Å². The second kappa shape index (κ2) is 7.90. The maximum Gasteiger partial charge on any atom is 0.227 e. The summed E-state index contributed by atoms with van der Waals surface area (Å²) in [4.78, 5) is 26.0. The number of ether oxygens (including phenoxy) is 3. The molecule has 1 aromatic carbocycles. The van der Waals surface area contributed by atoms with E-state index in [-0.39, 0.29) is 24.2 Å². The first kappa shape index (κ1) is 17.9. The van der Waals surface area contributed by atoms with E-state index in [0.29, 0.717) is 36.0 Å². The number of rotatable bonds is 7. The Kier molecular flexibility index (Phi) is 5.89. The lowest BCUT2D eigenvalue weighted by Gasteiger charge is -2.20. The minimum atomic E-state index is -0.344. The number of carbonyl (C=O) groups excluding carboxylic acids is 2. The molecule has 1 heterocycles. The third kappa shape index (κ3) is 3.55. The van der Waals surface area contributed by atoms with Crippen molar-refractivity contribution < 1.29 is 23.8 Å². The molecule has 1 atom stereocenters. The zero-order valence-electron chi connectivity index (χ0n) is 14.5. The monoisotopic (exact) mass is 336 g/mol. The van der Waals surface area contributed by atoms with Crippen molar-refractivity contribution >= 4 is 17.5 Å². The van der Waals surface area contributed by atoms with Gasteiger partial charge in [-0.25, -0.2) is 0 Å². The molecule has 1 aliphatic heterocycles. The average Bonchev–Trinajstić information content (AvgIpc) is 3.00. The van der Waals surface area contributed by atoms with E-state index in [1.165, 1.54) is 21.3 Å². The summed E-state index contributed by atoms with van der Waals surface area (Å²) < 4.78 is 15.9. The highest BCUT2D eigenvalue weighted by molar-refractivity contribution is 6.00. The highest BCUT2D eigenvalue weighted by Crippen LogP contribution is 2.42. The largest absolute Gasteiger partial charge is 0.493 e. The maximum atomic E-state index is 12.4. The van der Waals surface area contributed by atoms with Crippen LogP contribution in [-0.4, -0.2) is 46.2 Å². The van der Waals surface area contributed by atoms with Crippen LogP contribution in [0.15, 0.2) is 12.1 Å². The number of hydrogen-bond acceptors (Lipinski definition) is 5.